The third-order valence-electron chi connectivity index (χ3n) is 4.53. The van der Waals surface area contributed by atoms with Gasteiger partial charge in [0.25, 0.3) is 11.8 Å². The van der Waals surface area contributed by atoms with Crippen LogP contribution < -0.4 is 10.2 Å². The molecule has 1 aromatic heterocycles. The van der Waals surface area contributed by atoms with Crippen molar-refractivity contribution in [1.82, 2.24) is 4.98 Å². The molecule has 0 aliphatic carbocycles. The lowest BCUT2D eigenvalue weighted by Crippen LogP contribution is -2.28. The third-order valence-corrected chi connectivity index (χ3v) is 5.22. The maximum absolute atomic E-state index is 12.8. The van der Waals surface area contributed by atoms with Crippen LogP contribution in [-0.4, -0.2) is 23.3 Å². The first-order chi connectivity index (χ1) is 13.1. The van der Waals surface area contributed by atoms with Crippen molar-refractivity contribution in [2.45, 2.75) is 6.42 Å². The van der Waals surface area contributed by atoms with E-state index in [1.807, 2.05) is 36.4 Å². The van der Waals surface area contributed by atoms with Crippen LogP contribution in [0.4, 0.5) is 11.4 Å². The number of benzene rings is 2. The summed E-state index contributed by atoms with van der Waals surface area (Å²) in [7, 11) is 0. The van der Waals surface area contributed by atoms with Gasteiger partial charge >= 0.3 is 0 Å². The molecule has 4 rings (SSSR count). The Morgan fingerprint density at radius 3 is 2.59 bits per heavy atom. The predicted molar refractivity (Wildman–Crippen MR) is 108 cm³/mol. The van der Waals surface area contributed by atoms with Crippen LogP contribution in [0.2, 0.25) is 0 Å². The fourth-order valence-corrected chi connectivity index (χ4v) is 3.63. The average Bonchev–Trinajstić information content (AvgIpc) is 3.11. The molecule has 3 aromatic rings. The summed E-state index contributed by atoms with van der Waals surface area (Å²) in [6, 6.07) is 16.4. The Morgan fingerprint density at radius 2 is 1.81 bits per heavy atom. The van der Waals surface area contributed by atoms with E-state index in [2.05, 4.69) is 26.2 Å². The molecule has 2 heterocycles. The highest BCUT2D eigenvalue weighted by atomic mass is 79.9. The molecule has 0 fully saturated rings. The lowest BCUT2D eigenvalue weighted by atomic mass is 10.1. The maximum Gasteiger partial charge on any atom is 0.258 e. The predicted octanol–water partition coefficient (Wildman–Crippen LogP) is 4.30. The van der Waals surface area contributed by atoms with E-state index < -0.39 is 0 Å². The molecule has 2 amide bonds. The summed E-state index contributed by atoms with van der Waals surface area (Å²) in [6.45, 7) is 0.623. The van der Waals surface area contributed by atoms with Gasteiger partial charge in [-0.15, -0.1) is 0 Å². The Labute approximate surface area is 165 Å². The van der Waals surface area contributed by atoms with Gasteiger partial charge in [-0.25, -0.2) is 0 Å². The largest absolute Gasteiger partial charge is 0.322 e. The fourth-order valence-electron chi connectivity index (χ4n) is 3.16. The molecule has 134 valence electrons. The first-order valence-electron chi connectivity index (χ1n) is 8.54. The van der Waals surface area contributed by atoms with Crippen LogP contribution in [0, 0.1) is 0 Å². The fraction of sp³-hybridized carbons (Fsp3) is 0.0952. The second kappa shape index (κ2) is 7.32. The molecular weight excluding hydrogens is 406 g/mol. The summed E-state index contributed by atoms with van der Waals surface area (Å²) in [5.74, 6) is -0.266. The molecule has 0 radical (unpaired) electrons. The molecule has 0 spiro atoms. The van der Waals surface area contributed by atoms with Crippen molar-refractivity contribution in [2.24, 2.45) is 0 Å². The molecule has 1 aliphatic heterocycles. The molecular formula is C21H16BrN3O2. The van der Waals surface area contributed by atoms with Crippen LogP contribution in [-0.2, 0) is 6.42 Å². The van der Waals surface area contributed by atoms with E-state index in [-0.39, 0.29) is 11.8 Å². The SMILES string of the molecule is O=C(Nc1ccc2c(c1)N(C(=O)c1ccncc1)CC2)c1ccccc1Br. The Morgan fingerprint density at radius 1 is 1.04 bits per heavy atom. The minimum Gasteiger partial charge on any atom is -0.322 e. The number of nitrogens with zero attached hydrogens (tertiary/aromatic N) is 2. The molecule has 0 bridgehead atoms. The van der Waals surface area contributed by atoms with Gasteiger partial charge in [0.1, 0.15) is 0 Å². The molecule has 27 heavy (non-hydrogen) atoms. The number of carbonyl (C=O) groups is 2. The van der Waals surface area contributed by atoms with Gasteiger partial charge in [0, 0.05) is 40.3 Å². The van der Waals surface area contributed by atoms with E-state index in [0.717, 1.165) is 22.1 Å². The van der Waals surface area contributed by atoms with Crippen LogP contribution in [0.25, 0.3) is 0 Å². The maximum atomic E-state index is 12.8. The summed E-state index contributed by atoms with van der Waals surface area (Å²) in [6.07, 6.45) is 4.02. The third kappa shape index (κ3) is 3.48. The Bertz CT molecular complexity index is 1020. The lowest BCUT2D eigenvalue weighted by Gasteiger charge is -2.18. The topological polar surface area (TPSA) is 62.3 Å². The number of hydrogen-bond donors (Lipinski definition) is 1. The second-order valence-electron chi connectivity index (χ2n) is 6.22. The molecule has 0 saturated heterocycles. The van der Waals surface area contributed by atoms with Crippen LogP contribution in [0.5, 0.6) is 0 Å². The van der Waals surface area contributed by atoms with E-state index in [9.17, 15) is 9.59 Å². The number of pyridine rings is 1. The Kier molecular flexibility index (Phi) is 4.73. The summed E-state index contributed by atoms with van der Waals surface area (Å²) in [5.41, 5.74) is 3.74. The number of hydrogen-bond acceptors (Lipinski definition) is 3. The van der Waals surface area contributed by atoms with Crippen molar-refractivity contribution in [1.29, 1.82) is 0 Å². The minimum absolute atomic E-state index is 0.0644. The zero-order valence-corrected chi connectivity index (χ0v) is 15.9. The number of rotatable bonds is 3. The summed E-state index contributed by atoms with van der Waals surface area (Å²) >= 11 is 3.40. The molecule has 2 aromatic carbocycles. The Hall–Kier alpha value is -2.99. The van der Waals surface area contributed by atoms with Gasteiger partial charge in [0.15, 0.2) is 0 Å². The van der Waals surface area contributed by atoms with E-state index in [4.69, 9.17) is 0 Å². The zero-order chi connectivity index (χ0) is 18.8. The van der Waals surface area contributed by atoms with Crippen molar-refractivity contribution in [3.8, 4) is 0 Å². The quantitative estimate of drug-likeness (QED) is 0.685. The van der Waals surface area contributed by atoms with Crippen LogP contribution in [0.1, 0.15) is 26.3 Å². The molecule has 0 saturated carbocycles. The van der Waals surface area contributed by atoms with Crippen molar-refractivity contribution in [2.75, 3.05) is 16.8 Å². The number of amides is 2. The van der Waals surface area contributed by atoms with Crippen molar-refractivity contribution in [3.05, 3.63) is 88.2 Å². The zero-order valence-electron chi connectivity index (χ0n) is 14.4. The summed E-state index contributed by atoms with van der Waals surface area (Å²) in [4.78, 5) is 31.1. The molecule has 6 heteroatoms. The van der Waals surface area contributed by atoms with Crippen LogP contribution in [0.15, 0.2) is 71.5 Å². The smallest absolute Gasteiger partial charge is 0.258 e. The van der Waals surface area contributed by atoms with Gasteiger partial charge in [0.05, 0.1) is 5.56 Å². The first-order valence-corrected chi connectivity index (χ1v) is 9.33. The van der Waals surface area contributed by atoms with Crippen molar-refractivity contribution < 1.29 is 9.59 Å². The molecule has 1 N–H and O–H groups in total. The van der Waals surface area contributed by atoms with Crippen LogP contribution >= 0.6 is 15.9 Å². The van der Waals surface area contributed by atoms with Gasteiger partial charge in [-0.05, 0) is 64.3 Å². The van der Waals surface area contributed by atoms with Gasteiger partial charge < -0.3 is 10.2 Å². The lowest BCUT2D eigenvalue weighted by molar-refractivity contribution is 0.0988. The number of fused-ring (bicyclic) bond motifs is 1. The van der Waals surface area contributed by atoms with Gasteiger partial charge in [-0.1, -0.05) is 18.2 Å². The van der Waals surface area contributed by atoms with E-state index in [0.29, 0.717) is 23.4 Å². The molecule has 1 aliphatic rings. The number of carbonyl (C=O) groups excluding carboxylic acids is 2. The standard InChI is InChI=1S/C21H16BrN3O2/c22-18-4-2-1-3-17(18)20(26)24-16-6-5-14-9-12-25(19(14)13-16)21(27)15-7-10-23-11-8-15/h1-8,10-11,13H,9,12H2,(H,24,26). The number of anilines is 2. The Balaban J connectivity index is 1.59. The molecule has 0 atom stereocenters. The normalized spacial score (nSPS) is 12.6. The summed E-state index contributed by atoms with van der Waals surface area (Å²) in [5, 5.41) is 2.91. The highest BCUT2D eigenvalue weighted by molar-refractivity contribution is 9.10. The number of halogens is 1. The highest BCUT2D eigenvalue weighted by Gasteiger charge is 2.26. The van der Waals surface area contributed by atoms with Gasteiger partial charge in [-0.3, -0.25) is 14.6 Å². The first kappa shape index (κ1) is 17.4. The van der Waals surface area contributed by atoms with Crippen molar-refractivity contribution in [3.63, 3.8) is 0 Å². The monoisotopic (exact) mass is 421 g/mol. The molecule has 0 unspecified atom stereocenters. The number of nitrogens with one attached hydrogen (secondary N) is 1. The van der Waals surface area contributed by atoms with E-state index in [1.54, 1.807) is 35.5 Å². The number of aromatic nitrogens is 1. The van der Waals surface area contributed by atoms with Gasteiger partial charge in [0.2, 0.25) is 0 Å². The van der Waals surface area contributed by atoms with Gasteiger partial charge in [-0.2, -0.15) is 0 Å². The molecule has 5 nitrogen and oxygen atoms in total. The van der Waals surface area contributed by atoms with E-state index in [1.165, 1.54) is 0 Å². The van der Waals surface area contributed by atoms with Crippen molar-refractivity contribution >= 4 is 39.1 Å². The van der Waals surface area contributed by atoms with Crippen LogP contribution in [0.3, 0.4) is 0 Å². The highest BCUT2D eigenvalue weighted by Crippen LogP contribution is 2.32. The average molecular weight is 422 g/mol. The van der Waals surface area contributed by atoms with E-state index >= 15 is 0 Å². The summed E-state index contributed by atoms with van der Waals surface area (Å²) < 4.78 is 0.734. The minimum atomic E-state index is -0.201. The second-order valence-corrected chi connectivity index (χ2v) is 7.07.